The smallest absolute Gasteiger partial charge is 0.208 e. The molecule has 0 amide bonds. The highest BCUT2D eigenvalue weighted by atomic mass is 35.5. The minimum Gasteiger partial charge on any atom is -0.293 e. The Balaban J connectivity index is 1.57. The highest BCUT2D eigenvalue weighted by Gasteiger charge is 2.10. The fourth-order valence-electron chi connectivity index (χ4n) is 1.87. The van der Waals surface area contributed by atoms with Crippen LogP contribution in [0.5, 0.6) is 0 Å². The van der Waals surface area contributed by atoms with E-state index in [-0.39, 0.29) is 11.5 Å². The second kappa shape index (κ2) is 7.09. The maximum Gasteiger partial charge on any atom is 0.208 e. The van der Waals surface area contributed by atoms with Gasteiger partial charge in [-0.3, -0.25) is 9.89 Å². The number of nitrogens with one attached hydrogen (secondary N) is 1. The van der Waals surface area contributed by atoms with Gasteiger partial charge in [0.25, 0.3) is 0 Å². The summed E-state index contributed by atoms with van der Waals surface area (Å²) in [6, 6.07) is 11.0. The Hall–Kier alpha value is -1.63. The molecule has 1 aromatic carbocycles. The van der Waals surface area contributed by atoms with Gasteiger partial charge in [0, 0.05) is 21.9 Å². The third-order valence-electron chi connectivity index (χ3n) is 2.91. The molecule has 0 aliphatic heterocycles. The van der Waals surface area contributed by atoms with Crippen molar-refractivity contribution in [3.05, 3.63) is 63.1 Å². The lowest BCUT2D eigenvalue weighted by Crippen LogP contribution is -2.02. The van der Waals surface area contributed by atoms with Gasteiger partial charge in [0.15, 0.2) is 5.78 Å². The summed E-state index contributed by atoms with van der Waals surface area (Å²) >= 11 is 8.89. The predicted octanol–water partition coefficient (Wildman–Crippen LogP) is 4.09. The zero-order chi connectivity index (χ0) is 15.4. The average molecular weight is 350 g/mol. The van der Waals surface area contributed by atoms with E-state index in [1.165, 1.54) is 16.6 Å². The van der Waals surface area contributed by atoms with E-state index < -0.39 is 0 Å². The number of nitrogens with zero attached hydrogens (tertiary/aromatic N) is 2. The molecular formula is C15H12ClN3OS2. The minimum atomic E-state index is 0.0112. The number of benzene rings is 1. The van der Waals surface area contributed by atoms with E-state index in [4.69, 9.17) is 11.6 Å². The Morgan fingerprint density at radius 3 is 3.00 bits per heavy atom. The summed E-state index contributed by atoms with van der Waals surface area (Å²) in [6.07, 6.45) is 0.730. The Morgan fingerprint density at radius 2 is 2.23 bits per heavy atom. The largest absolute Gasteiger partial charge is 0.293 e. The molecule has 2 heterocycles. The second-order valence-electron chi connectivity index (χ2n) is 4.54. The Bertz CT molecular complexity index is 771. The van der Waals surface area contributed by atoms with Crippen molar-refractivity contribution < 1.29 is 4.79 Å². The van der Waals surface area contributed by atoms with Crippen LogP contribution in [0.1, 0.15) is 21.1 Å². The molecule has 0 spiro atoms. The minimum absolute atomic E-state index is 0.0112. The monoisotopic (exact) mass is 349 g/mol. The number of hydrogen-bond acceptors (Lipinski definition) is 5. The number of rotatable bonds is 6. The van der Waals surface area contributed by atoms with Crippen molar-refractivity contribution in [2.45, 2.75) is 11.6 Å². The average Bonchev–Trinajstić information content (AvgIpc) is 3.17. The zero-order valence-electron chi connectivity index (χ0n) is 11.5. The summed E-state index contributed by atoms with van der Waals surface area (Å²) in [5.74, 6) is 1.11. The van der Waals surface area contributed by atoms with Gasteiger partial charge in [-0.15, -0.1) is 16.4 Å². The molecule has 0 atom stereocenters. The van der Waals surface area contributed by atoms with Crippen LogP contribution in [-0.4, -0.2) is 26.7 Å². The van der Waals surface area contributed by atoms with E-state index in [1.807, 2.05) is 11.4 Å². The summed E-state index contributed by atoms with van der Waals surface area (Å²) in [5, 5.41) is 10.2. The van der Waals surface area contributed by atoms with Crippen molar-refractivity contribution in [2.24, 2.45) is 0 Å². The molecule has 0 aliphatic carbocycles. The van der Waals surface area contributed by atoms with Gasteiger partial charge in [-0.2, -0.15) is 0 Å². The SMILES string of the molecule is O=C(CSc1n[nH]c(Cc2cccs2)n1)c1cccc(Cl)c1. The third-order valence-corrected chi connectivity index (χ3v) is 4.87. The fourth-order valence-corrected chi connectivity index (χ4v) is 3.49. The third kappa shape index (κ3) is 3.97. The summed E-state index contributed by atoms with van der Waals surface area (Å²) in [4.78, 5) is 17.7. The molecule has 3 rings (SSSR count). The van der Waals surface area contributed by atoms with Crippen molar-refractivity contribution in [3.8, 4) is 0 Å². The molecule has 22 heavy (non-hydrogen) atoms. The number of aromatic nitrogens is 3. The van der Waals surface area contributed by atoms with Gasteiger partial charge in [-0.25, -0.2) is 4.98 Å². The van der Waals surface area contributed by atoms with Gasteiger partial charge >= 0.3 is 0 Å². The molecule has 4 nitrogen and oxygen atoms in total. The number of Topliss-reactive ketones (excluding diaryl/α,β-unsaturated/α-hetero) is 1. The molecule has 112 valence electrons. The highest BCUT2D eigenvalue weighted by Crippen LogP contribution is 2.18. The molecule has 0 radical (unpaired) electrons. The quantitative estimate of drug-likeness (QED) is 0.538. The van der Waals surface area contributed by atoms with E-state index in [9.17, 15) is 4.79 Å². The van der Waals surface area contributed by atoms with Crippen LogP contribution < -0.4 is 0 Å². The lowest BCUT2D eigenvalue weighted by molar-refractivity contribution is 0.102. The Morgan fingerprint density at radius 1 is 1.32 bits per heavy atom. The van der Waals surface area contributed by atoms with Crippen molar-refractivity contribution in [1.29, 1.82) is 0 Å². The fraction of sp³-hybridized carbons (Fsp3) is 0.133. The number of ketones is 1. The number of thioether (sulfide) groups is 1. The van der Waals surface area contributed by atoms with Crippen LogP contribution in [0.25, 0.3) is 0 Å². The topological polar surface area (TPSA) is 58.6 Å². The first-order valence-electron chi connectivity index (χ1n) is 6.56. The van der Waals surface area contributed by atoms with Crippen LogP contribution in [0.15, 0.2) is 46.9 Å². The summed E-state index contributed by atoms with van der Waals surface area (Å²) in [5.41, 5.74) is 0.606. The van der Waals surface area contributed by atoms with Crippen molar-refractivity contribution in [3.63, 3.8) is 0 Å². The first-order chi connectivity index (χ1) is 10.7. The van der Waals surface area contributed by atoms with Crippen LogP contribution in [0.3, 0.4) is 0 Å². The molecule has 0 unspecified atom stereocenters. The molecule has 7 heteroatoms. The predicted molar refractivity (Wildman–Crippen MR) is 90.0 cm³/mol. The number of halogens is 1. The van der Waals surface area contributed by atoms with Crippen molar-refractivity contribution in [1.82, 2.24) is 15.2 Å². The molecule has 0 fully saturated rings. The first-order valence-corrected chi connectivity index (χ1v) is 8.80. The lowest BCUT2D eigenvalue weighted by Gasteiger charge is -1.99. The van der Waals surface area contributed by atoms with Crippen LogP contribution >= 0.6 is 34.7 Å². The van der Waals surface area contributed by atoms with Gasteiger partial charge in [0.05, 0.1) is 5.75 Å². The van der Waals surface area contributed by atoms with Crippen LogP contribution in [0.2, 0.25) is 5.02 Å². The zero-order valence-corrected chi connectivity index (χ0v) is 13.8. The Labute approximate surface area is 140 Å². The molecular weight excluding hydrogens is 338 g/mol. The summed E-state index contributed by atoms with van der Waals surface area (Å²) in [6.45, 7) is 0. The van der Waals surface area contributed by atoms with E-state index >= 15 is 0 Å². The molecule has 0 saturated carbocycles. The number of hydrogen-bond donors (Lipinski definition) is 1. The van der Waals surface area contributed by atoms with E-state index in [2.05, 4.69) is 21.2 Å². The first kappa shape index (κ1) is 15.3. The van der Waals surface area contributed by atoms with E-state index in [0.717, 1.165) is 12.2 Å². The highest BCUT2D eigenvalue weighted by molar-refractivity contribution is 7.99. The molecule has 3 aromatic rings. The molecule has 0 aliphatic rings. The van der Waals surface area contributed by atoms with Crippen LogP contribution in [0, 0.1) is 0 Å². The maximum absolute atomic E-state index is 12.1. The van der Waals surface area contributed by atoms with Crippen LogP contribution in [0.4, 0.5) is 0 Å². The number of aromatic amines is 1. The number of carbonyl (C=O) groups excluding carboxylic acids is 1. The number of H-pyrrole nitrogens is 1. The maximum atomic E-state index is 12.1. The van der Waals surface area contributed by atoms with Gasteiger partial charge in [0.2, 0.25) is 5.16 Å². The van der Waals surface area contributed by atoms with Gasteiger partial charge in [-0.05, 0) is 23.6 Å². The van der Waals surface area contributed by atoms with Gasteiger partial charge in [-0.1, -0.05) is 41.6 Å². The second-order valence-corrected chi connectivity index (χ2v) is 6.95. The normalized spacial score (nSPS) is 10.8. The van der Waals surface area contributed by atoms with Gasteiger partial charge < -0.3 is 0 Å². The van der Waals surface area contributed by atoms with Crippen molar-refractivity contribution >= 4 is 40.5 Å². The lowest BCUT2D eigenvalue weighted by atomic mass is 10.1. The van der Waals surface area contributed by atoms with E-state index in [0.29, 0.717) is 15.7 Å². The molecule has 0 bridgehead atoms. The summed E-state index contributed by atoms with van der Waals surface area (Å²) < 4.78 is 0. The number of thiophene rings is 1. The standard InChI is InChI=1S/C15H12ClN3OS2/c16-11-4-1-3-10(7-11)13(20)9-22-15-17-14(18-19-15)8-12-5-2-6-21-12/h1-7H,8-9H2,(H,17,18,19). The summed E-state index contributed by atoms with van der Waals surface area (Å²) in [7, 11) is 0. The van der Waals surface area contributed by atoms with Crippen LogP contribution in [-0.2, 0) is 6.42 Å². The Kier molecular flexibility index (Phi) is 4.92. The van der Waals surface area contributed by atoms with Crippen molar-refractivity contribution in [2.75, 3.05) is 5.75 Å². The number of carbonyl (C=O) groups is 1. The molecule has 2 aromatic heterocycles. The van der Waals surface area contributed by atoms with Gasteiger partial charge in [0.1, 0.15) is 5.82 Å². The van der Waals surface area contributed by atoms with E-state index in [1.54, 1.807) is 35.6 Å². The molecule has 0 saturated heterocycles. The molecule has 1 N–H and O–H groups in total.